The number of nitrogens with zero attached hydrogens (tertiary/aromatic N) is 4. The Balaban J connectivity index is 1.64. The molecule has 0 aromatic carbocycles. The molecule has 3 rings (SSSR count). The second-order valence-electron chi connectivity index (χ2n) is 5.13. The van der Waals surface area contributed by atoms with Crippen molar-refractivity contribution in [3.05, 3.63) is 6.07 Å². The zero-order valence-corrected chi connectivity index (χ0v) is 12.2. The normalized spacial score (nSPS) is 19.9. The van der Waals surface area contributed by atoms with Crippen molar-refractivity contribution in [3.8, 4) is 11.8 Å². The number of hydrogen-bond acceptors (Lipinski definition) is 7. The Labute approximate surface area is 123 Å². The second kappa shape index (κ2) is 5.72. The molecule has 114 valence electrons. The van der Waals surface area contributed by atoms with E-state index in [-0.39, 0.29) is 5.91 Å². The number of methoxy groups -OCH3 is 2. The molecule has 21 heavy (non-hydrogen) atoms. The fraction of sp³-hybridized carbons (Fsp3) is 0.615. The summed E-state index contributed by atoms with van der Waals surface area (Å²) in [5, 5.41) is 2.84. The van der Waals surface area contributed by atoms with E-state index in [1.165, 1.54) is 0 Å². The van der Waals surface area contributed by atoms with Crippen LogP contribution in [-0.2, 0) is 4.79 Å². The summed E-state index contributed by atoms with van der Waals surface area (Å²) >= 11 is 0. The number of ether oxygens (including phenoxy) is 2. The van der Waals surface area contributed by atoms with E-state index >= 15 is 0 Å². The average Bonchev–Trinajstić information content (AvgIpc) is 2.45. The van der Waals surface area contributed by atoms with Gasteiger partial charge in [-0.3, -0.25) is 9.69 Å². The number of aromatic nitrogens is 2. The van der Waals surface area contributed by atoms with E-state index in [1.54, 1.807) is 20.3 Å². The molecule has 8 heteroatoms. The zero-order chi connectivity index (χ0) is 14.8. The monoisotopic (exact) mass is 293 g/mol. The number of amides is 1. The first kappa shape index (κ1) is 13.9. The van der Waals surface area contributed by atoms with Gasteiger partial charge < -0.3 is 19.7 Å². The van der Waals surface area contributed by atoms with Gasteiger partial charge in [0.25, 0.3) is 0 Å². The minimum absolute atomic E-state index is 0.0963. The highest BCUT2D eigenvalue weighted by Gasteiger charge is 2.35. The van der Waals surface area contributed by atoms with E-state index in [0.717, 1.165) is 26.2 Å². The number of hydrogen-bond donors (Lipinski definition) is 1. The molecule has 0 saturated carbocycles. The Morgan fingerprint density at radius 3 is 2.48 bits per heavy atom. The number of nitrogens with one attached hydrogen (secondary N) is 1. The van der Waals surface area contributed by atoms with Crippen molar-refractivity contribution in [3.63, 3.8) is 0 Å². The molecule has 1 aromatic heterocycles. The van der Waals surface area contributed by atoms with Crippen LogP contribution in [0.4, 0.5) is 5.95 Å². The smallest absolute Gasteiger partial charge is 0.234 e. The van der Waals surface area contributed by atoms with Crippen LogP contribution in [-0.4, -0.2) is 73.8 Å². The molecule has 2 saturated heterocycles. The first-order chi connectivity index (χ1) is 10.2. The van der Waals surface area contributed by atoms with Crippen molar-refractivity contribution < 1.29 is 14.3 Å². The summed E-state index contributed by atoms with van der Waals surface area (Å²) in [7, 11) is 3.13. The minimum atomic E-state index is 0.0963. The fourth-order valence-corrected chi connectivity index (χ4v) is 2.56. The van der Waals surface area contributed by atoms with E-state index in [0.29, 0.717) is 30.3 Å². The molecule has 0 radical (unpaired) electrons. The molecule has 1 amide bonds. The lowest BCUT2D eigenvalue weighted by atomic mass is 10.1. The van der Waals surface area contributed by atoms with Gasteiger partial charge in [-0.25, -0.2) is 0 Å². The molecule has 0 unspecified atom stereocenters. The lowest BCUT2D eigenvalue weighted by molar-refractivity contribution is -0.125. The highest BCUT2D eigenvalue weighted by molar-refractivity contribution is 5.78. The maximum absolute atomic E-state index is 11.4. The standard InChI is InChI=1S/C13H19N5O3/c1-20-11-5-12(21-2)16-13(15-11)18-6-9(7-18)17-4-3-14-10(19)8-17/h5,9H,3-4,6-8H2,1-2H3,(H,14,19). The molecule has 1 N–H and O–H groups in total. The van der Waals surface area contributed by atoms with Crippen LogP contribution >= 0.6 is 0 Å². The lowest BCUT2D eigenvalue weighted by Crippen LogP contribution is -2.64. The van der Waals surface area contributed by atoms with Gasteiger partial charge in [-0.1, -0.05) is 0 Å². The van der Waals surface area contributed by atoms with Gasteiger partial charge in [0.1, 0.15) is 0 Å². The Morgan fingerprint density at radius 2 is 1.90 bits per heavy atom. The van der Waals surface area contributed by atoms with Crippen LogP contribution in [0.25, 0.3) is 0 Å². The quantitative estimate of drug-likeness (QED) is 0.771. The van der Waals surface area contributed by atoms with E-state index in [4.69, 9.17) is 9.47 Å². The summed E-state index contributed by atoms with van der Waals surface area (Å²) in [5.74, 6) is 1.67. The van der Waals surface area contributed by atoms with Crippen molar-refractivity contribution >= 4 is 11.9 Å². The van der Waals surface area contributed by atoms with Crippen molar-refractivity contribution in [2.45, 2.75) is 6.04 Å². The van der Waals surface area contributed by atoms with Crippen LogP contribution in [0.2, 0.25) is 0 Å². The molecule has 8 nitrogen and oxygen atoms in total. The van der Waals surface area contributed by atoms with Gasteiger partial charge in [-0.15, -0.1) is 0 Å². The van der Waals surface area contributed by atoms with Crippen molar-refractivity contribution in [2.75, 3.05) is 51.8 Å². The van der Waals surface area contributed by atoms with Crippen LogP contribution in [0.1, 0.15) is 0 Å². The highest BCUT2D eigenvalue weighted by Crippen LogP contribution is 2.25. The highest BCUT2D eigenvalue weighted by atomic mass is 16.5. The molecule has 1 aromatic rings. The van der Waals surface area contributed by atoms with E-state index in [1.807, 2.05) is 0 Å². The fourth-order valence-electron chi connectivity index (χ4n) is 2.56. The molecule has 0 spiro atoms. The van der Waals surface area contributed by atoms with Crippen LogP contribution in [0.3, 0.4) is 0 Å². The summed E-state index contributed by atoms with van der Waals surface area (Å²) < 4.78 is 10.3. The molecule has 0 aliphatic carbocycles. The average molecular weight is 293 g/mol. The summed E-state index contributed by atoms with van der Waals surface area (Å²) in [4.78, 5) is 24.3. The van der Waals surface area contributed by atoms with E-state index < -0.39 is 0 Å². The number of carbonyl (C=O) groups excluding carboxylic acids is 1. The topological polar surface area (TPSA) is 79.8 Å². The zero-order valence-electron chi connectivity index (χ0n) is 12.2. The van der Waals surface area contributed by atoms with Gasteiger partial charge in [0.2, 0.25) is 23.6 Å². The van der Waals surface area contributed by atoms with Gasteiger partial charge >= 0.3 is 0 Å². The third-order valence-electron chi connectivity index (χ3n) is 3.82. The maximum Gasteiger partial charge on any atom is 0.234 e. The van der Waals surface area contributed by atoms with Crippen LogP contribution in [0.15, 0.2) is 6.07 Å². The largest absolute Gasteiger partial charge is 0.481 e. The predicted octanol–water partition coefficient (Wildman–Crippen LogP) is -0.886. The number of rotatable bonds is 4. The van der Waals surface area contributed by atoms with Crippen molar-refractivity contribution in [1.29, 1.82) is 0 Å². The molecular weight excluding hydrogens is 274 g/mol. The summed E-state index contributed by atoms with van der Waals surface area (Å²) in [6, 6.07) is 2.02. The SMILES string of the molecule is COc1cc(OC)nc(N2CC(N3CCNC(=O)C3)C2)n1. The van der Waals surface area contributed by atoms with Crippen LogP contribution in [0, 0.1) is 0 Å². The molecule has 3 heterocycles. The molecule has 0 bridgehead atoms. The molecular formula is C13H19N5O3. The molecule has 2 aliphatic heterocycles. The Kier molecular flexibility index (Phi) is 3.78. The van der Waals surface area contributed by atoms with Gasteiger partial charge in [-0.2, -0.15) is 9.97 Å². The van der Waals surface area contributed by atoms with Crippen molar-refractivity contribution in [2.24, 2.45) is 0 Å². The minimum Gasteiger partial charge on any atom is -0.481 e. The lowest BCUT2D eigenvalue weighted by Gasteiger charge is -2.46. The van der Waals surface area contributed by atoms with Gasteiger partial charge in [0.05, 0.1) is 26.8 Å². The Bertz CT molecular complexity index is 510. The van der Waals surface area contributed by atoms with Gasteiger partial charge in [0.15, 0.2) is 0 Å². The summed E-state index contributed by atoms with van der Waals surface area (Å²) in [6.07, 6.45) is 0. The second-order valence-corrected chi connectivity index (χ2v) is 5.13. The summed E-state index contributed by atoms with van der Waals surface area (Å²) in [6.45, 7) is 3.71. The Morgan fingerprint density at radius 1 is 1.24 bits per heavy atom. The summed E-state index contributed by atoms with van der Waals surface area (Å²) in [5.41, 5.74) is 0. The predicted molar refractivity (Wildman–Crippen MR) is 75.7 cm³/mol. The molecule has 0 atom stereocenters. The van der Waals surface area contributed by atoms with E-state index in [9.17, 15) is 4.79 Å². The number of carbonyl (C=O) groups is 1. The molecule has 2 fully saturated rings. The third kappa shape index (κ3) is 2.85. The van der Waals surface area contributed by atoms with Crippen LogP contribution < -0.4 is 19.7 Å². The van der Waals surface area contributed by atoms with E-state index in [2.05, 4.69) is 25.1 Å². The first-order valence-electron chi connectivity index (χ1n) is 6.92. The first-order valence-corrected chi connectivity index (χ1v) is 6.92. The molecule has 2 aliphatic rings. The van der Waals surface area contributed by atoms with Gasteiger partial charge in [0, 0.05) is 32.2 Å². The van der Waals surface area contributed by atoms with Crippen LogP contribution in [0.5, 0.6) is 11.8 Å². The van der Waals surface area contributed by atoms with Gasteiger partial charge in [-0.05, 0) is 0 Å². The Hall–Kier alpha value is -2.09. The third-order valence-corrected chi connectivity index (χ3v) is 3.82. The number of anilines is 1. The maximum atomic E-state index is 11.4. The van der Waals surface area contributed by atoms with Crippen molar-refractivity contribution in [1.82, 2.24) is 20.2 Å². The number of piperazine rings is 1.